The quantitative estimate of drug-likeness (QED) is 0.496. The minimum Gasteiger partial charge on any atom is -0.309 e. The van der Waals surface area contributed by atoms with Gasteiger partial charge in [0.15, 0.2) is 0 Å². The van der Waals surface area contributed by atoms with Gasteiger partial charge in [-0.3, -0.25) is 9.36 Å². The van der Waals surface area contributed by atoms with Gasteiger partial charge in [-0.25, -0.2) is 0 Å². The fraction of sp³-hybridized carbons (Fsp3) is 0.857. The molecule has 0 saturated carbocycles. The molecule has 0 rings (SSSR count). The molecule has 0 aromatic rings. The molecule has 0 aromatic carbocycles. The van der Waals surface area contributed by atoms with Gasteiger partial charge in [-0.05, 0) is 25.4 Å². The Balaban J connectivity index is 4.07. The van der Waals surface area contributed by atoms with Crippen LogP contribution < -0.4 is 0 Å². The first-order chi connectivity index (χ1) is 6.04. The van der Waals surface area contributed by atoms with Crippen LogP contribution in [0.2, 0.25) is 0 Å². The molecule has 0 bridgehead atoms. The summed E-state index contributed by atoms with van der Waals surface area (Å²) < 4.78 is 21.5. The van der Waals surface area contributed by atoms with Crippen LogP contribution in [0, 0.1) is 0 Å². The molecule has 0 aliphatic carbocycles. The zero-order chi connectivity index (χ0) is 10.3. The first-order valence-electron chi connectivity index (χ1n) is 4.10. The van der Waals surface area contributed by atoms with E-state index >= 15 is 0 Å². The summed E-state index contributed by atoms with van der Waals surface area (Å²) in [6.07, 6.45) is 0.0653. The Kier molecular flexibility index (Phi) is 6.60. The van der Waals surface area contributed by atoms with E-state index in [9.17, 15) is 9.36 Å². The van der Waals surface area contributed by atoms with Crippen LogP contribution in [0.4, 0.5) is 0 Å². The average molecular weight is 229 g/mol. The molecule has 0 unspecified atom stereocenters. The molecule has 78 valence electrons. The molecule has 0 heterocycles. The second kappa shape index (κ2) is 6.55. The Labute approximate surface area is 83.1 Å². The largest absolute Gasteiger partial charge is 0.331 e. The third kappa shape index (κ3) is 6.22. The van der Waals surface area contributed by atoms with Crippen molar-refractivity contribution in [3.8, 4) is 0 Å². The standard InChI is InChI=1S/C7H14ClO4P/c1-3-11-13(10,12-4-2)6-5-7(8)9/h3-6H2,1-2H3. The number of hydrogen-bond donors (Lipinski definition) is 0. The van der Waals surface area contributed by atoms with Crippen molar-refractivity contribution < 1.29 is 18.4 Å². The molecule has 0 amide bonds. The van der Waals surface area contributed by atoms with E-state index in [2.05, 4.69) is 0 Å². The van der Waals surface area contributed by atoms with E-state index in [0.29, 0.717) is 13.2 Å². The van der Waals surface area contributed by atoms with Gasteiger partial charge in [-0.1, -0.05) is 0 Å². The number of halogens is 1. The number of carbonyl (C=O) groups is 1. The van der Waals surface area contributed by atoms with Crippen LogP contribution in [0.15, 0.2) is 0 Å². The van der Waals surface area contributed by atoms with Crippen molar-refractivity contribution >= 4 is 24.4 Å². The maximum atomic E-state index is 11.7. The van der Waals surface area contributed by atoms with Gasteiger partial charge in [-0.15, -0.1) is 0 Å². The minimum atomic E-state index is -3.08. The van der Waals surface area contributed by atoms with Crippen molar-refractivity contribution in [2.45, 2.75) is 20.3 Å². The smallest absolute Gasteiger partial charge is 0.309 e. The second-order valence-electron chi connectivity index (χ2n) is 2.28. The molecule has 0 atom stereocenters. The molecule has 0 fully saturated rings. The van der Waals surface area contributed by atoms with Gasteiger partial charge in [-0.2, -0.15) is 0 Å². The highest BCUT2D eigenvalue weighted by Crippen LogP contribution is 2.48. The summed E-state index contributed by atoms with van der Waals surface area (Å²) in [6, 6.07) is 0. The minimum absolute atomic E-state index is 0.0127. The van der Waals surface area contributed by atoms with E-state index in [1.807, 2.05) is 0 Å². The fourth-order valence-electron chi connectivity index (χ4n) is 0.785. The van der Waals surface area contributed by atoms with Gasteiger partial charge in [0, 0.05) is 6.42 Å². The van der Waals surface area contributed by atoms with Gasteiger partial charge >= 0.3 is 7.60 Å². The van der Waals surface area contributed by atoms with Gasteiger partial charge in [0.1, 0.15) is 0 Å². The predicted octanol–water partition coefficient (Wildman–Crippen LogP) is 2.41. The highest BCUT2D eigenvalue weighted by molar-refractivity contribution is 7.53. The van der Waals surface area contributed by atoms with Gasteiger partial charge < -0.3 is 9.05 Å². The van der Waals surface area contributed by atoms with Gasteiger partial charge in [0.2, 0.25) is 5.24 Å². The highest BCUT2D eigenvalue weighted by Gasteiger charge is 2.23. The lowest BCUT2D eigenvalue weighted by Gasteiger charge is -2.15. The molecular weight excluding hydrogens is 214 g/mol. The molecule has 0 saturated heterocycles. The summed E-state index contributed by atoms with van der Waals surface area (Å²) in [6.45, 7) is 4.03. The number of hydrogen-bond acceptors (Lipinski definition) is 4. The van der Waals surface area contributed by atoms with E-state index < -0.39 is 12.8 Å². The molecule has 0 aliphatic rings. The van der Waals surface area contributed by atoms with Crippen LogP contribution in [0.5, 0.6) is 0 Å². The predicted molar refractivity (Wildman–Crippen MR) is 51.2 cm³/mol. The second-order valence-corrected chi connectivity index (χ2v) is 4.88. The topological polar surface area (TPSA) is 52.6 Å². The third-order valence-electron chi connectivity index (χ3n) is 1.23. The van der Waals surface area contributed by atoms with Crippen molar-refractivity contribution in [2.24, 2.45) is 0 Å². The zero-order valence-corrected chi connectivity index (χ0v) is 9.44. The first kappa shape index (κ1) is 13.1. The van der Waals surface area contributed by atoms with Crippen LogP contribution >= 0.6 is 19.2 Å². The van der Waals surface area contributed by atoms with Crippen LogP contribution in [0.25, 0.3) is 0 Å². The third-order valence-corrected chi connectivity index (χ3v) is 3.50. The van der Waals surface area contributed by atoms with Crippen LogP contribution in [0.1, 0.15) is 20.3 Å². The van der Waals surface area contributed by atoms with E-state index in [1.54, 1.807) is 13.8 Å². The Hall–Kier alpha value is 0.110. The monoisotopic (exact) mass is 228 g/mol. The lowest BCUT2D eigenvalue weighted by Crippen LogP contribution is -2.02. The van der Waals surface area contributed by atoms with Crippen LogP contribution in [-0.2, 0) is 18.4 Å². The Morgan fingerprint density at radius 3 is 2.08 bits per heavy atom. The van der Waals surface area contributed by atoms with Crippen molar-refractivity contribution in [3.05, 3.63) is 0 Å². The molecule has 0 aliphatic heterocycles. The molecule has 13 heavy (non-hydrogen) atoms. The highest BCUT2D eigenvalue weighted by atomic mass is 35.5. The van der Waals surface area contributed by atoms with E-state index in [4.69, 9.17) is 20.6 Å². The SMILES string of the molecule is CCOP(=O)(CCC(=O)Cl)OCC. The molecule has 6 heteroatoms. The Morgan fingerprint density at radius 1 is 1.31 bits per heavy atom. The number of rotatable bonds is 7. The summed E-state index contributed by atoms with van der Waals surface area (Å²) in [5.41, 5.74) is 0. The molecule has 0 spiro atoms. The fourth-order valence-corrected chi connectivity index (χ4v) is 2.61. The molecule has 0 N–H and O–H groups in total. The number of carbonyl (C=O) groups excluding carboxylic acids is 1. The maximum absolute atomic E-state index is 11.7. The van der Waals surface area contributed by atoms with Gasteiger partial charge in [0.05, 0.1) is 19.4 Å². The van der Waals surface area contributed by atoms with Crippen molar-refractivity contribution in [3.63, 3.8) is 0 Å². The Bertz CT molecular complexity index is 197. The van der Waals surface area contributed by atoms with Crippen LogP contribution in [-0.4, -0.2) is 24.6 Å². The lowest BCUT2D eigenvalue weighted by molar-refractivity contribution is -0.111. The zero-order valence-electron chi connectivity index (χ0n) is 7.79. The Morgan fingerprint density at radius 2 is 1.77 bits per heavy atom. The maximum Gasteiger partial charge on any atom is 0.331 e. The normalized spacial score (nSPS) is 11.6. The summed E-state index contributed by atoms with van der Waals surface area (Å²) >= 11 is 5.11. The average Bonchev–Trinajstić information content (AvgIpc) is 2.02. The van der Waals surface area contributed by atoms with Crippen molar-refractivity contribution in [1.29, 1.82) is 0 Å². The first-order valence-corrected chi connectivity index (χ1v) is 6.21. The van der Waals surface area contributed by atoms with E-state index in [1.165, 1.54) is 0 Å². The van der Waals surface area contributed by atoms with Crippen molar-refractivity contribution in [1.82, 2.24) is 0 Å². The summed E-state index contributed by atoms with van der Waals surface area (Å²) in [5.74, 6) is 0. The van der Waals surface area contributed by atoms with Crippen LogP contribution in [0.3, 0.4) is 0 Å². The molecule has 0 aromatic heterocycles. The van der Waals surface area contributed by atoms with Crippen molar-refractivity contribution in [2.75, 3.05) is 19.4 Å². The molecular formula is C7H14ClO4P. The van der Waals surface area contributed by atoms with Gasteiger partial charge in [0.25, 0.3) is 0 Å². The van der Waals surface area contributed by atoms with E-state index in [0.717, 1.165) is 0 Å². The lowest BCUT2D eigenvalue weighted by atomic mass is 10.6. The molecule has 0 radical (unpaired) electrons. The summed E-state index contributed by atoms with van der Waals surface area (Å²) in [4.78, 5) is 10.4. The van der Waals surface area contributed by atoms with E-state index in [-0.39, 0.29) is 12.6 Å². The summed E-state index contributed by atoms with van der Waals surface area (Å²) in [7, 11) is -3.08. The summed E-state index contributed by atoms with van der Waals surface area (Å²) in [5, 5.41) is -0.528. The molecule has 4 nitrogen and oxygen atoms in total.